The molecular weight excluding hydrogens is 384 g/mol. The van der Waals surface area contributed by atoms with Crippen molar-refractivity contribution in [3.63, 3.8) is 0 Å². The Balaban J connectivity index is 1.57. The van der Waals surface area contributed by atoms with Crippen LogP contribution in [-0.4, -0.2) is 36.0 Å². The van der Waals surface area contributed by atoms with Gasteiger partial charge in [-0.2, -0.15) is 0 Å². The summed E-state index contributed by atoms with van der Waals surface area (Å²) in [4.78, 5) is 38.8. The number of imide groups is 1. The van der Waals surface area contributed by atoms with E-state index in [1.165, 1.54) is 23.1 Å². The summed E-state index contributed by atoms with van der Waals surface area (Å²) < 4.78 is 10.5. The molecule has 2 aromatic rings. The van der Waals surface area contributed by atoms with Gasteiger partial charge in [0.2, 0.25) is 6.79 Å². The lowest BCUT2D eigenvalue weighted by molar-refractivity contribution is 0.0652. The number of nitrogens with one attached hydrogen (secondary N) is 1. The fourth-order valence-corrected chi connectivity index (χ4v) is 3.36. The molecule has 0 fully saturated rings. The number of anilines is 1. The average Bonchev–Trinajstić information content (AvgIpc) is 3.23. The monoisotopic (exact) mass is 400 g/mol. The SMILES string of the molecule is CCCCN1C(=O)c2ccc(C(=O)Nc3cc4c(cc3Cl)OCO4)cc2C1=O. The van der Waals surface area contributed by atoms with Crippen molar-refractivity contribution in [2.75, 3.05) is 18.7 Å². The van der Waals surface area contributed by atoms with Crippen LogP contribution in [0.15, 0.2) is 30.3 Å². The Labute approximate surface area is 166 Å². The minimum absolute atomic E-state index is 0.0958. The first-order valence-electron chi connectivity index (χ1n) is 8.90. The summed E-state index contributed by atoms with van der Waals surface area (Å²) in [6, 6.07) is 7.62. The third kappa shape index (κ3) is 3.07. The summed E-state index contributed by atoms with van der Waals surface area (Å²) in [6.07, 6.45) is 1.61. The second-order valence-electron chi connectivity index (χ2n) is 6.52. The van der Waals surface area contributed by atoms with Crippen molar-refractivity contribution in [2.24, 2.45) is 0 Å². The van der Waals surface area contributed by atoms with Gasteiger partial charge in [0.15, 0.2) is 11.5 Å². The molecule has 2 heterocycles. The van der Waals surface area contributed by atoms with Crippen LogP contribution in [0.2, 0.25) is 5.02 Å². The number of benzene rings is 2. The molecule has 7 nitrogen and oxygen atoms in total. The maximum Gasteiger partial charge on any atom is 0.261 e. The van der Waals surface area contributed by atoms with Gasteiger partial charge in [-0.15, -0.1) is 0 Å². The van der Waals surface area contributed by atoms with Crippen molar-refractivity contribution in [3.8, 4) is 11.5 Å². The lowest BCUT2D eigenvalue weighted by Crippen LogP contribution is -2.30. The van der Waals surface area contributed by atoms with Crippen LogP contribution in [0, 0.1) is 0 Å². The predicted molar refractivity (Wildman–Crippen MR) is 102 cm³/mol. The second kappa shape index (κ2) is 7.16. The molecule has 0 saturated heterocycles. The van der Waals surface area contributed by atoms with Gasteiger partial charge in [-0.25, -0.2) is 0 Å². The molecule has 2 aliphatic rings. The molecule has 144 valence electrons. The quantitative estimate of drug-likeness (QED) is 0.773. The first kappa shape index (κ1) is 18.3. The van der Waals surface area contributed by atoms with E-state index in [0.29, 0.717) is 34.3 Å². The molecule has 4 rings (SSSR count). The van der Waals surface area contributed by atoms with Crippen LogP contribution in [-0.2, 0) is 0 Å². The van der Waals surface area contributed by atoms with Crippen LogP contribution in [0.25, 0.3) is 0 Å². The zero-order valence-electron chi connectivity index (χ0n) is 15.1. The number of hydrogen-bond donors (Lipinski definition) is 1. The van der Waals surface area contributed by atoms with Crippen LogP contribution < -0.4 is 14.8 Å². The van der Waals surface area contributed by atoms with Crippen LogP contribution in [0.1, 0.15) is 50.8 Å². The first-order chi connectivity index (χ1) is 13.5. The highest BCUT2D eigenvalue weighted by Gasteiger charge is 2.35. The molecule has 2 aromatic carbocycles. The minimum atomic E-state index is -0.448. The molecule has 28 heavy (non-hydrogen) atoms. The number of unbranched alkanes of at least 4 members (excludes halogenated alkanes) is 1. The van der Waals surface area contributed by atoms with Crippen molar-refractivity contribution < 1.29 is 23.9 Å². The van der Waals surface area contributed by atoms with E-state index in [-0.39, 0.29) is 29.7 Å². The van der Waals surface area contributed by atoms with E-state index in [2.05, 4.69) is 5.32 Å². The summed E-state index contributed by atoms with van der Waals surface area (Å²) in [5.41, 5.74) is 1.18. The van der Waals surface area contributed by atoms with Gasteiger partial charge in [0.1, 0.15) is 0 Å². The Morgan fingerprint density at radius 2 is 1.82 bits per heavy atom. The van der Waals surface area contributed by atoms with Gasteiger partial charge in [0, 0.05) is 24.2 Å². The van der Waals surface area contributed by atoms with Crippen LogP contribution in [0.4, 0.5) is 5.69 Å². The van der Waals surface area contributed by atoms with E-state index in [4.69, 9.17) is 21.1 Å². The molecular formula is C20H17ClN2O5. The van der Waals surface area contributed by atoms with Gasteiger partial charge < -0.3 is 14.8 Å². The summed E-state index contributed by atoms with van der Waals surface area (Å²) in [5, 5.41) is 3.00. The normalized spacial score (nSPS) is 14.4. The van der Waals surface area contributed by atoms with Crippen molar-refractivity contribution in [1.82, 2.24) is 4.90 Å². The van der Waals surface area contributed by atoms with Crippen molar-refractivity contribution in [2.45, 2.75) is 19.8 Å². The van der Waals surface area contributed by atoms with Crippen LogP contribution in [0.3, 0.4) is 0 Å². The lowest BCUT2D eigenvalue weighted by atomic mass is 10.1. The summed E-state index contributed by atoms with van der Waals surface area (Å²) in [5.74, 6) is -0.142. The number of ether oxygens (including phenoxy) is 2. The molecule has 0 spiro atoms. The number of carbonyl (C=O) groups excluding carboxylic acids is 3. The molecule has 0 saturated carbocycles. The molecule has 0 aromatic heterocycles. The Morgan fingerprint density at radius 1 is 1.11 bits per heavy atom. The standard InChI is InChI=1S/C20H17ClN2O5/c1-2-3-6-23-19(25)12-5-4-11(7-13(12)20(23)26)18(24)22-15-9-17-16(8-14(15)21)27-10-28-17/h4-5,7-9H,2-3,6,10H2,1H3,(H,22,24). The number of hydrogen-bond acceptors (Lipinski definition) is 5. The van der Waals surface area contributed by atoms with Gasteiger partial charge in [-0.05, 0) is 24.6 Å². The van der Waals surface area contributed by atoms with Crippen molar-refractivity contribution >= 4 is 35.0 Å². The zero-order valence-corrected chi connectivity index (χ0v) is 15.8. The number of carbonyl (C=O) groups is 3. The third-order valence-corrected chi connectivity index (χ3v) is 4.99. The summed E-state index contributed by atoms with van der Waals surface area (Å²) in [7, 11) is 0. The number of nitrogens with zero attached hydrogens (tertiary/aromatic N) is 1. The maximum absolute atomic E-state index is 12.7. The van der Waals surface area contributed by atoms with Gasteiger partial charge in [-0.3, -0.25) is 19.3 Å². The van der Waals surface area contributed by atoms with E-state index in [9.17, 15) is 14.4 Å². The Kier molecular flexibility index (Phi) is 4.68. The summed E-state index contributed by atoms with van der Waals surface area (Å²) in [6.45, 7) is 2.46. The first-order valence-corrected chi connectivity index (χ1v) is 9.28. The highest BCUT2D eigenvalue weighted by atomic mass is 35.5. The van der Waals surface area contributed by atoms with Crippen molar-refractivity contribution in [1.29, 1.82) is 0 Å². The largest absolute Gasteiger partial charge is 0.454 e. The number of amides is 3. The minimum Gasteiger partial charge on any atom is -0.454 e. The predicted octanol–water partition coefficient (Wildman–Crippen LogP) is 3.72. The Morgan fingerprint density at radius 3 is 2.57 bits per heavy atom. The molecule has 1 N–H and O–H groups in total. The third-order valence-electron chi connectivity index (χ3n) is 4.68. The molecule has 3 amide bonds. The molecule has 0 unspecified atom stereocenters. The highest BCUT2D eigenvalue weighted by molar-refractivity contribution is 6.34. The fourth-order valence-electron chi connectivity index (χ4n) is 3.16. The van der Waals surface area contributed by atoms with E-state index >= 15 is 0 Å². The van der Waals surface area contributed by atoms with Gasteiger partial charge in [-0.1, -0.05) is 24.9 Å². The number of fused-ring (bicyclic) bond motifs is 2. The van der Waals surface area contributed by atoms with Gasteiger partial charge >= 0.3 is 0 Å². The van der Waals surface area contributed by atoms with E-state index < -0.39 is 5.91 Å². The Hall–Kier alpha value is -3.06. The van der Waals surface area contributed by atoms with E-state index in [0.717, 1.165) is 12.8 Å². The van der Waals surface area contributed by atoms with Crippen LogP contribution >= 0.6 is 11.6 Å². The topological polar surface area (TPSA) is 84.9 Å². The number of rotatable bonds is 5. The van der Waals surface area contributed by atoms with E-state index in [1.54, 1.807) is 12.1 Å². The van der Waals surface area contributed by atoms with Crippen molar-refractivity contribution in [3.05, 3.63) is 52.0 Å². The fraction of sp³-hybridized carbons (Fsp3) is 0.250. The lowest BCUT2D eigenvalue weighted by Gasteiger charge is -2.12. The van der Waals surface area contributed by atoms with Gasteiger partial charge in [0.05, 0.1) is 21.8 Å². The second-order valence-corrected chi connectivity index (χ2v) is 6.92. The molecule has 0 bridgehead atoms. The smallest absolute Gasteiger partial charge is 0.261 e. The molecule has 0 radical (unpaired) electrons. The number of halogens is 1. The maximum atomic E-state index is 12.7. The van der Waals surface area contributed by atoms with Gasteiger partial charge in [0.25, 0.3) is 17.7 Å². The molecule has 2 aliphatic heterocycles. The Bertz CT molecular complexity index is 1000. The molecule has 0 aliphatic carbocycles. The molecule has 8 heteroatoms. The average molecular weight is 401 g/mol. The highest BCUT2D eigenvalue weighted by Crippen LogP contribution is 2.39. The summed E-state index contributed by atoms with van der Waals surface area (Å²) >= 11 is 6.19. The zero-order chi connectivity index (χ0) is 19.8. The van der Waals surface area contributed by atoms with E-state index in [1.807, 2.05) is 6.92 Å². The van der Waals surface area contributed by atoms with Crippen LogP contribution in [0.5, 0.6) is 11.5 Å². The molecule has 0 atom stereocenters.